The Labute approximate surface area is 201 Å². The molecule has 9 nitrogen and oxygen atoms in total. The first-order chi connectivity index (χ1) is 16.9. The Hall–Kier alpha value is -4.14. The summed E-state index contributed by atoms with van der Waals surface area (Å²) < 4.78 is 16.6. The summed E-state index contributed by atoms with van der Waals surface area (Å²) in [7, 11) is 0. The summed E-state index contributed by atoms with van der Waals surface area (Å²) in [5, 5.41) is 3.16. The molecule has 0 radical (unpaired) electrons. The van der Waals surface area contributed by atoms with E-state index in [0.717, 1.165) is 17.7 Å². The van der Waals surface area contributed by atoms with Crippen LogP contribution in [0.25, 0.3) is 22.3 Å². The number of nitrogens with zero attached hydrogens (tertiary/aromatic N) is 1. The number of benzene rings is 2. The summed E-state index contributed by atoms with van der Waals surface area (Å²) in [5.74, 6) is -1.22. The quantitative estimate of drug-likeness (QED) is 0.324. The Morgan fingerprint density at radius 1 is 1.09 bits per heavy atom. The summed E-state index contributed by atoms with van der Waals surface area (Å²) in [5.41, 5.74) is 0.451. The SMILES string of the molecule is CCOC(=O)c1c(-c2ccccc2)oc2ccc(OC(=O)CN3C(=O)NC4(CCCC4)C3=O)cc12. The van der Waals surface area contributed by atoms with E-state index < -0.39 is 30.1 Å². The fourth-order valence-corrected chi connectivity index (χ4v) is 4.77. The number of rotatable bonds is 6. The molecular weight excluding hydrogens is 452 g/mol. The van der Waals surface area contributed by atoms with Gasteiger partial charge in [-0.25, -0.2) is 14.4 Å². The second-order valence-electron chi connectivity index (χ2n) is 8.64. The summed E-state index contributed by atoms with van der Waals surface area (Å²) in [6.07, 6.45) is 2.84. The second-order valence-corrected chi connectivity index (χ2v) is 8.64. The van der Waals surface area contributed by atoms with Crippen molar-refractivity contribution in [1.82, 2.24) is 10.2 Å². The van der Waals surface area contributed by atoms with Crippen LogP contribution in [0, 0.1) is 0 Å². The molecule has 0 unspecified atom stereocenters. The molecule has 2 heterocycles. The number of hydrogen-bond donors (Lipinski definition) is 1. The molecule has 1 saturated carbocycles. The van der Waals surface area contributed by atoms with Crippen molar-refractivity contribution in [2.45, 2.75) is 38.1 Å². The highest BCUT2D eigenvalue weighted by molar-refractivity contribution is 6.10. The topological polar surface area (TPSA) is 115 Å². The third kappa shape index (κ3) is 4.03. The number of carbonyl (C=O) groups excluding carboxylic acids is 4. The van der Waals surface area contributed by atoms with Gasteiger partial charge in [0, 0.05) is 10.9 Å². The van der Waals surface area contributed by atoms with Crippen LogP contribution in [0.1, 0.15) is 43.0 Å². The zero-order chi connectivity index (χ0) is 24.6. The van der Waals surface area contributed by atoms with E-state index in [4.69, 9.17) is 13.9 Å². The number of urea groups is 1. The lowest BCUT2D eigenvalue weighted by Crippen LogP contribution is -2.44. The number of amides is 3. The van der Waals surface area contributed by atoms with E-state index in [1.165, 1.54) is 12.1 Å². The normalized spacial score (nSPS) is 16.7. The smallest absolute Gasteiger partial charge is 0.342 e. The van der Waals surface area contributed by atoms with E-state index in [1.54, 1.807) is 13.0 Å². The molecule has 35 heavy (non-hydrogen) atoms. The monoisotopic (exact) mass is 476 g/mol. The third-order valence-corrected chi connectivity index (χ3v) is 6.40. The molecule has 1 aliphatic heterocycles. The third-order valence-electron chi connectivity index (χ3n) is 6.40. The molecule has 1 aromatic heterocycles. The predicted octanol–water partition coefficient (Wildman–Crippen LogP) is 4.05. The maximum atomic E-state index is 12.8. The summed E-state index contributed by atoms with van der Waals surface area (Å²) in [4.78, 5) is 51.5. The second kappa shape index (κ2) is 8.90. The van der Waals surface area contributed by atoms with Crippen LogP contribution in [-0.4, -0.2) is 47.5 Å². The average Bonchev–Trinajstić information content (AvgIpc) is 3.53. The average molecular weight is 476 g/mol. The maximum Gasteiger partial charge on any atom is 0.342 e. The number of imide groups is 1. The van der Waals surface area contributed by atoms with E-state index in [0.29, 0.717) is 35.1 Å². The van der Waals surface area contributed by atoms with Crippen molar-refractivity contribution in [3.63, 3.8) is 0 Å². The van der Waals surface area contributed by atoms with Gasteiger partial charge in [0.2, 0.25) is 0 Å². The molecule has 9 heteroatoms. The van der Waals surface area contributed by atoms with Crippen molar-refractivity contribution in [3.05, 3.63) is 54.1 Å². The van der Waals surface area contributed by atoms with Crippen LogP contribution in [0.2, 0.25) is 0 Å². The first-order valence-electron chi connectivity index (χ1n) is 11.6. The number of hydrogen-bond acceptors (Lipinski definition) is 7. The molecule has 1 spiro atoms. The molecule has 2 aromatic carbocycles. The lowest BCUT2D eigenvalue weighted by Gasteiger charge is -2.19. The molecular formula is C26H24N2O7. The largest absolute Gasteiger partial charge is 0.462 e. The lowest BCUT2D eigenvalue weighted by atomic mass is 9.98. The van der Waals surface area contributed by atoms with Gasteiger partial charge in [0.1, 0.15) is 34.7 Å². The van der Waals surface area contributed by atoms with Crippen LogP contribution >= 0.6 is 0 Å². The first-order valence-corrected chi connectivity index (χ1v) is 11.6. The van der Waals surface area contributed by atoms with Crippen LogP contribution in [0.5, 0.6) is 5.75 Å². The Morgan fingerprint density at radius 2 is 1.83 bits per heavy atom. The Kier molecular flexibility index (Phi) is 5.76. The molecule has 2 fully saturated rings. The van der Waals surface area contributed by atoms with Gasteiger partial charge in [-0.1, -0.05) is 43.2 Å². The van der Waals surface area contributed by atoms with Crippen molar-refractivity contribution < 1.29 is 33.1 Å². The van der Waals surface area contributed by atoms with E-state index >= 15 is 0 Å². The van der Waals surface area contributed by atoms with Gasteiger partial charge < -0.3 is 19.2 Å². The van der Waals surface area contributed by atoms with Gasteiger partial charge in [0.05, 0.1) is 6.61 Å². The molecule has 5 rings (SSSR count). The van der Waals surface area contributed by atoms with Gasteiger partial charge in [0.15, 0.2) is 0 Å². The Morgan fingerprint density at radius 3 is 2.54 bits per heavy atom. The van der Waals surface area contributed by atoms with Crippen molar-refractivity contribution in [3.8, 4) is 17.1 Å². The van der Waals surface area contributed by atoms with Crippen LogP contribution in [0.3, 0.4) is 0 Å². The fourth-order valence-electron chi connectivity index (χ4n) is 4.77. The van der Waals surface area contributed by atoms with E-state index in [-0.39, 0.29) is 23.8 Å². The van der Waals surface area contributed by atoms with Crippen molar-refractivity contribution in [2.75, 3.05) is 13.2 Å². The highest BCUT2D eigenvalue weighted by Crippen LogP contribution is 2.37. The highest BCUT2D eigenvalue weighted by atomic mass is 16.5. The number of esters is 2. The fraction of sp³-hybridized carbons (Fsp3) is 0.308. The van der Waals surface area contributed by atoms with Crippen LogP contribution in [-0.2, 0) is 14.3 Å². The number of furan rings is 1. The number of carbonyl (C=O) groups is 4. The molecule has 1 N–H and O–H groups in total. The molecule has 3 aromatic rings. The predicted molar refractivity (Wildman–Crippen MR) is 125 cm³/mol. The van der Waals surface area contributed by atoms with E-state index in [9.17, 15) is 19.2 Å². The summed E-state index contributed by atoms with van der Waals surface area (Å²) >= 11 is 0. The number of fused-ring (bicyclic) bond motifs is 1. The van der Waals surface area contributed by atoms with Gasteiger partial charge in [-0.3, -0.25) is 9.69 Å². The van der Waals surface area contributed by atoms with Crippen LogP contribution < -0.4 is 10.1 Å². The van der Waals surface area contributed by atoms with E-state index in [2.05, 4.69) is 5.32 Å². The molecule has 2 aliphatic rings. The zero-order valence-electron chi connectivity index (χ0n) is 19.2. The Balaban J connectivity index is 1.41. The molecule has 1 aliphatic carbocycles. The number of nitrogens with one attached hydrogen (secondary N) is 1. The number of ether oxygens (including phenoxy) is 2. The van der Waals surface area contributed by atoms with Gasteiger partial charge in [-0.15, -0.1) is 0 Å². The summed E-state index contributed by atoms with van der Waals surface area (Å²) in [6, 6.07) is 13.2. The molecule has 0 bridgehead atoms. The highest BCUT2D eigenvalue weighted by Gasteiger charge is 2.52. The van der Waals surface area contributed by atoms with Gasteiger partial charge in [-0.2, -0.15) is 0 Å². The van der Waals surface area contributed by atoms with Crippen molar-refractivity contribution >= 4 is 34.8 Å². The summed E-state index contributed by atoms with van der Waals surface area (Å²) in [6.45, 7) is 1.39. The minimum absolute atomic E-state index is 0.149. The van der Waals surface area contributed by atoms with E-state index in [1.807, 2.05) is 30.3 Å². The molecule has 1 saturated heterocycles. The van der Waals surface area contributed by atoms with Gasteiger partial charge in [-0.05, 0) is 38.0 Å². The minimum atomic E-state index is -0.893. The van der Waals surface area contributed by atoms with Gasteiger partial charge >= 0.3 is 18.0 Å². The zero-order valence-corrected chi connectivity index (χ0v) is 19.2. The molecule has 0 atom stereocenters. The Bertz CT molecular complexity index is 1320. The lowest BCUT2D eigenvalue weighted by molar-refractivity contribution is -0.140. The van der Waals surface area contributed by atoms with Crippen molar-refractivity contribution in [2.24, 2.45) is 0 Å². The van der Waals surface area contributed by atoms with Crippen LogP contribution in [0.4, 0.5) is 4.79 Å². The molecule has 180 valence electrons. The molecule has 3 amide bonds. The van der Waals surface area contributed by atoms with Crippen molar-refractivity contribution in [1.29, 1.82) is 0 Å². The standard InChI is InChI=1S/C26H24N2O7/c1-2-33-23(30)21-18-14-17(10-11-19(18)35-22(21)16-8-4-3-5-9-16)34-20(29)15-28-24(31)26(27-25(28)32)12-6-7-13-26/h3-5,8-11,14H,2,6-7,12-13,15H2,1H3,(H,27,32). The maximum absolute atomic E-state index is 12.8. The first kappa shape index (κ1) is 22.6. The van der Waals surface area contributed by atoms with Crippen LogP contribution in [0.15, 0.2) is 52.9 Å². The minimum Gasteiger partial charge on any atom is -0.462 e. The van der Waals surface area contributed by atoms with Gasteiger partial charge in [0.25, 0.3) is 5.91 Å².